The van der Waals surface area contributed by atoms with Crippen molar-refractivity contribution in [2.75, 3.05) is 12.0 Å². The van der Waals surface area contributed by atoms with Crippen LogP contribution in [0.5, 0.6) is 0 Å². The van der Waals surface area contributed by atoms with Crippen molar-refractivity contribution in [1.29, 1.82) is 0 Å². The smallest absolute Gasteiger partial charge is 0.0821 e. The number of nitrogens with one attached hydrogen (secondary N) is 1. The van der Waals surface area contributed by atoms with Gasteiger partial charge in [-0.3, -0.25) is 0 Å². The Kier molecular flexibility index (Phi) is 3.56. The molecule has 2 aromatic rings. The lowest BCUT2D eigenvalue weighted by atomic mass is 10.0. The van der Waals surface area contributed by atoms with Gasteiger partial charge in [-0.15, -0.1) is 0 Å². The van der Waals surface area contributed by atoms with Gasteiger partial charge in [-0.05, 0) is 31.4 Å². The minimum absolute atomic E-state index is 0.358. The number of aromatic nitrogens is 1. The van der Waals surface area contributed by atoms with Crippen LogP contribution in [-0.2, 0) is 0 Å². The van der Waals surface area contributed by atoms with Crippen LogP contribution in [0.4, 0.5) is 0 Å². The minimum atomic E-state index is -0.358. The lowest BCUT2D eigenvalue weighted by Crippen LogP contribution is -2.00. The van der Waals surface area contributed by atoms with Gasteiger partial charge in [0.05, 0.1) is 6.10 Å². The molecule has 0 aliphatic heterocycles. The molecule has 1 heterocycles. The molecule has 1 aromatic carbocycles. The highest BCUT2D eigenvalue weighted by molar-refractivity contribution is 7.98. The molecule has 2 nitrogen and oxygen atoms in total. The van der Waals surface area contributed by atoms with E-state index in [4.69, 9.17) is 0 Å². The Morgan fingerprint density at radius 1 is 1.38 bits per heavy atom. The van der Waals surface area contributed by atoms with Crippen LogP contribution in [0.1, 0.15) is 23.8 Å². The summed E-state index contributed by atoms with van der Waals surface area (Å²) in [6, 6.07) is 8.14. The van der Waals surface area contributed by atoms with E-state index in [2.05, 4.69) is 17.3 Å². The van der Waals surface area contributed by atoms with Gasteiger partial charge in [0.2, 0.25) is 0 Å². The molecule has 0 bridgehead atoms. The summed E-state index contributed by atoms with van der Waals surface area (Å²) in [6.07, 6.45) is 2.52. The highest BCUT2D eigenvalue weighted by Crippen LogP contribution is 2.29. The van der Waals surface area contributed by atoms with Crippen molar-refractivity contribution in [3.8, 4) is 0 Å². The second-order valence-corrected chi connectivity index (χ2v) is 4.99. The number of hydrogen-bond acceptors (Lipinski definition) is 2. The van der Waals surface area contributed by atoms with E-state index in [1.807, 2.05) is 25.1 Å². The molecule has 1 aromatic heterocycles. The predicted octanol–water partition coefficient (Wildman–Crippen LogP) is 3.26. The summed E-state index contributed by atoms with van der Waals surface area (Å²) in [4.78, 5) is 3.32. The number of aromatic amines is 1. The third-order valence-corrected chi connectivity index (χ3v) is 3.52. The number of thioether (sulfide) groups is 1. The highest BCUT2D eigenvalue weighted by atomic mass is 32.2. The number of hydrogen-bond donors (Lipinski definition) is 2. The quantitative estimate of drug-likeness (QED) is 0.853. The topological polar surface area (TPSA) is 36.0 Å². The van der Waals surface area contributed by atoms with E-state index in [0.29, 0.717) is 0 Å². The summed E-state index contributed by atoms with van der Waals surface area (Å²) in [7, 11) is 0. The first-order valence-electron chi connectivity index (χ1n) is 5.48. The normalized spacial score (nSPS) is 13.2. The first-order valence-corrected chi connectivity index (χ1v) is 6.87. The van der Waals surface area contributed by atoms with Crippen molar-refractivity contribution in [3.05, 3.63) is 35.5 Å². The van der Waals surface area contributed by atoms with E-state index in [-0.39, 0.29) is 6.10 Å². The Balaban J connectivity index is 2.38. The first-order chi connectivity index (χ1) is 7.74. The molecule has 0 radical (unpaired) electrons. The maximum absolute atomic E-state index is 10.2. The highest BCUT2D eigenvalue weighted by Gasteiger charge is 2.15. The molecular weight excluding hydrogens is 218 g/mol. The number of para-hydroxylation sites is 1. The number of aliphatic hydroxyl groups is 1. The zero-order chi connectivity index (χ0) is 11.5. The van der Waals surface area contributed by atoms with Crippen LogP contribution in [0.25, 0.3) is 10.9 Å². The molecule has 0 aliphatic rings. The van der Waals surface area contributed by atoms with Crippen molar-refractivity contribution in [2.24, 2.45) is 0 Å². The average Bonchev–Trinajstić information content (AvgIpc) is 2.62. The van der Waals surface area contributed by atoms with Crippen LogP contribution in [0.3, 0.4) is 0 Å². The van der Waals surface area contributed by atoms with Gasteiger partial charge in [-0.25, -0.2) is 0 Å². The molecule has 3 heteroatoms. The largest absolute Gasteiger partial charge is 0.388 e. The van der Waals surface area contributed by atoms with E-state index < -0.39 is 0 Å². The molecule has 0 saturated heterocycles. The molecule has 0 fully saturated rings. The van der Waals surface area contributed by atoms with Gasteiger partial charge < -0.3 is 10.1 Å². The molecule has 86 valence electrons. The number of aliphatic hydroxyl groups excluding tert-OH is 1. The summed E-state index contributed by atoms with van der Waals surface area (Å²) in [5, 5.41) is 11.3. The summed E-state index contributed by atoms with van der Waals surface area (Å²) >= 11 is 1.77. The van der Waals surface area contributed by atoms with Gasteiger partial charge >= 0.3 is 0 Å². The van der Waals surface area contributed by atoms with Crippen LogP contribution in [0, 0.1) is 6.92 Å². The lowest BCUT2D eigenvalue weighted by Gasteiger charge is -2.10. The fourth-order valence-electron chi connectivity index (χ4n) is 2.10. The Labute approximate surface area is 100 Å². The van der Waals surface area contributed by atoms with Crippen LogP contribution in [0.2, 0.25) is 0 Å². The first kappa shape index (κ1) is 11.6. The number of fused-ring (bicyclic) bond motifs is 1. The lowest BCUT2D eigenvalue weighted by molar-refractivity contribution is 0.176. The van der Waals surface area contributed by atoms with E-state index in [0.717, 1.165) is 34.3 Å². The van der Waals surface area contributed by atoms with Crippen LogP contribution < -0.4 is 0 Å². The second-order valence-electron chi connectivity index (χ2n) is 4.01. The molecule has 2 rings (SSSR count). The van der Waals surface area contributed by atoms with Gasteiger partial charge in [-0.2, -0.15) is 11.8 Å². The van der Waals surface area contributed by atoms with Gasteiger partial charge in [-0.1, -0.05) is 18.2 Å². The van der Waals surface area contributed by atoms with Crippen molar-refractivity contribution >= 4 is 22.7 Å². The number of H-pyrrole nitrogens is 1. The van der Waals surface area contributed by atoms with Crippen LogP contribution in [0.15, 0.2) is 24.3 Å². The zero-order valence-corrected chi connectivity index (χ0v) is 10.5. The van der Waals surface area contributed by atoms with Gasteiger partial charge in [0.1, 0.15) is 0 Å². The minimum Gasteiger partial charge on any atom is -0.388 e. The molecule has 0 spiro atoms. The van der Waals surface area contributed by atoms with Crippen molar-refractivity contribution in [2.45, 2.75) is 19.4 Å². The molecule has 0 saturated carbocycles. The van der Waals surface area contributed by atoms with Crippen molar-refractivity contribution in [3.63, 3.8) is 0 Å². The summed E-state index contributed by atoms with van der Waals surface area (Å²) < 4.78 is 0. The maximum atomic E-state index is 10.2. The Bertz CT molecular complexity index is 478. The third-order valence-electron chi connectivity index (χ3n) is 2.87. The molecule has 0 amide bonds. The Hall–Kier alpha value is -0.930. The Morgan fingerprint density at radius 2 is 2.12 bits per heavy atom. The summed E-state index contributed by atoms with van der Waals surface area (Å²) in [5.41, 5.74) is 3.25. The predicted molar refractivity (Wildman–Crippen MR) is 71.0 cm³/mol. The Morgan fingerprint density at radius 3 is 2.88 bits per heavy atom. The van der Waals surface area contributed by atoms with E-state index in [9.17, 15) is 5.11 Å². The van der Waals surface area contributed by atoms with Gasteiger partial charge in [0.15, 0.2) is 0 Å². The molecule has 16 heavy (non-hydrogen) atoms. The van der Waals surface area contributed by atoms with E-state index in [1.54, 1.807) is 11.8 Å². The van der Waals surface area contributed by atoms with E-state index in [1.165, 1.54) is 0 Å². The summed E-state index contributed by atoms with van der Waals surface area (Å²) in [6.45, 7) is 2.03. The number of benzene rings is 1. The molecule has 0 aliphatic carbocycles. The summed E-state index contributed by atoms with van der Waals surface area (Å²) in [5.74, 6) is 0.986. The maximum Gasteiger partial charge on any atom is 0.0821 e. The van der Waals surface area contributed by atoms with Crippen molar-refractivity contribution < 1.29 is 5.11 Å². The number of aryl methyl sites for hydroxylation is 1. The zero-order valence-electron chi connectivity index (χ0n) is 9.66. The van der Waals surface area contributed by atoms with Crippen LogP contribution in [-0.4, -0.2) is 22.1 Å². The molecule has 1 atom stereocenters. The van der Waals surface area contributed by atoms with E-state index >= 15 is 0 Å². The average molecular weight is 235 g/mol. The third kappa shape index (κ3) is 2.11. The van der Waals surface area contributed by atoms with Crippen molar-refractivity contribution in [1.82, 2.24) is 4.98 Å². The standard InChI is InChI=1S/C13H17NOS/c1-9-13(12(15)7-8-16-2)10-5-3-4-6-11(10)14-9/h3-6,12,14-15H,7-8H2,1-2H3. The molecular formula is C13H17NOS. The monoisotopic (exact) mass is 235 g/mol. The second kappa shape index (κ2) is 4.93. The molecule has 1 unspecified atom stereocenters. The fraction of sp³-hybridized carbons (Fsp3) is 0.385. The molecule has 2 N–H and O–H groups in total. The van der Waals surface area contributed by atoms with Gasteiger partial charge in [0.25, 0.3) is 0 Å². The SMILES string of the molecule is CSCCC(O)c1c(C)[nH]c2ccccc12. The number of rotatable bonds is 4. The fourth-order valence-corrected chi connectivity index (χ4v) is 2.56. The van der Waals surface area contributed by atoms with Gasteiger partial charge in [0, 0.05) is 22.2 Å². The van der Waals surface area contributed by atoms with Crippen LogP contribution >= 0.6 is 11.8 Å².